The van der Waals surface area contributed by atoms with E-state index in [1.54, 1.807) is 18.2 Å². The molecular formula is C18H12Br2FNO3. The van der Waals surface area contributed by atoms with E-state index in [0.717, 1.165) is 8.95 Å². The van der Waals surface area contributed by atoms with Gasteiger partial charge in [0.05, 0.1) is 5.69 Å². The van der Waals surface area contributed by atoms with Crippen LogP contribution in [0.3, 0.4) is 0 Å². The van der Waals surface area contributed by atoms with Gasteiger partial charge in [0.25, 0.3) is 5.91 Å². The summed E-state index contributed by atoms with van der Waals surface area (Å²) in [6.45, 7) is 0.140. The molecule has 7 heteroatoms. The number of hydrogen-bond donors (Lipinski definition) is 1. The van der Waals surface area contributed by atoms with E-state index < -0.39 is 0 Å². The highest BCUT2D eigenvalue weighted by Crippen LogP contribution is 2.26. The zero-order chi connectivity index (χ0) is 17.8. The minimum atomic E-state index is -0.365. The Labute approximate surface area is 160 Å². The molecule has 2 aromatic carbocycles. The third kappa shape index (κ3) is 4.70. The Bertz CT molecular complexity index is 894. The average Bonchev–Trinajstić information content (AvgIpc) is 3.06. The molecule has 128 valence electrons. The van der Waals surface area contributed by atoms with Crippen LogP contribution >= 0.6 is 31.9 Å². The maximum atomic E-state index is 12.8. The van der Waals surface area contributed by atoms with Gasteiger partial charge < -0.3 is 14.5 Å². The first-order valence-electron chi connectivity index (χ1n) is 7.25. The molecule has 1 N–H and O–H groups in total. The summed E-state index contributed by atoms with van der Waals surface area (Å²) < 4.78 is 25.5. The molecule has 0 saturated carbocycles. The summed E-state index contributed by atoms with van der Waals surface area (Å²) in [5.41, 5.74) is 0.633. The molecule has 0 aliphatic heterocycles. The number of amides is 1. The first kappa shape index (κ1) is 17.7. The number of furan rings is 1. The van der Waals surface area contributed by atoms with Crippen LogP contribution in [0.2, 0.25) is 0 Å². The second-order valence-corrected chi connectivity index (χ2v) is 6.86. The van der Waals surface area contributed by atoms with Crippen LogP contribution in [0.15, 0.2) is 68.0 Å². The number of halogens is 3. The third-order valence-electron chi connectivity index (χ3n) is 3.26. The molecule has 1 aromatic heterocycles. The molecule has 3 aromatic rings. The van der Waals surface area contributed by atoms with Crippen LogP contribution in [0, 0.1) is 5.82 Å². The van der Waals surface area contributed by atoms with Gasteiger partial charge in [-0.1, -0.05) is 15.9 Å². The lowest BCUT2D eigenvalue weighted by atomic mass is 10.3. The number of rotatable bonds is 5. The minimum absolute atomic E-state index is 0.140. The fourth-order valence-corrected chi connectivity index (χ4v) is 3.18. The molecule has 3 rings (SSSR count). The molecule has 0 bridgehead atoms. The van der Waals surface area contributed by atoms with Crippen LogP contribution in [0.4, 0.5) is 10.1 Å². The molecule has 0 fully saturated rings. The maximum Gasteiger partial charge on any atom is 0.291 e. The van der Waals surface area contributed by atoms with Crippen LogP contribution < -0.4 is 10.1 Å². The smallest absolute Gasteiger partial charge is 0.291 e. The van der Waals surface area contributed by atoms with E-state index in [2.05, 4.69) is 37.2 Å². The molecule has 0 aliphatic carbocycles. The predicted molar refractivity (Wildman–Crippen MR) is 99.2 cm³/mol. The molecular weight excluding hydrogens is 457 g/mol. The van der Waals surface area contributed by atoms with Crippen molar-refractivity contribution in [1.82, 2.24) is 0 Å². The number of carbonyl (C=O) groups is 1. The first-order chi connectivity index (χ1) is 12.0. The normalized spacial score (nSPS) is 10.5. The van der Waals surface area contributed by atoms with Gasteiger partial charge in [0.15, 0.2) is 5.76 Å². The standard InChI is InChI=1S/C18H12Br2FNO3/c19-11-1-7-16(15(20)9-11)22-18(23)17-8-6-14(25-17)10-24-13-4-2-12(21)3-5-13/h1-9H,10H2,(H,22,23). The molecule has 25 heavy (non-hydrogen) atoms. The summed E-state index contributed by atoms with van der Waals surface area (Å²) in [6.07, 6.45) is 0. The zero-order valence-corrected chi connectivity index (χ0v) is 15.9. The van der Waals surface area contributed by atoms with Gasteiger partial charge in [-0.2, -0.15) is 0 Å². The molecule has 0 aliphatic rings. The van der Waals surface area contributed by atoms with Crippen LogP contribution in [-0.2, 0) is 6.61 Å². The van der Waals surface area contributed by atoms with Gasteiger partial charge in [0.1, 0.15) is 23.9 Å². The van der Waals surface area contributed by atoms with Gasteiger partial charge in [0.2, 0.25) is 0 Å². The second kappa shape index (κ2) is 7.84. The van der Waals surface area contributed by atoms with E-state index >= 15 is 0 Å². The van der Waals surface area contributed by atoms with Crippen LogP contribution in [0.1, 0.15) is 16.3 Å². The monoisotopic (exact) mass is 467 g/mol. The summed E-state index contributed by atoms with van der Waals surface area (Å²) in [5, 5.41) is 2.76. The van der Waals surface area contributed by atoms with E-state index in [1.165, 1.54) is 24.3 Å². The van der Waals surface area contributed by atoms with Crippen LogP contribution in [0.5, 0.6) is 5.75 Å². The Hall–Kier alpha value is -2.12. The molecule has 1 amide bonds. The van der Waals surface area contributed by atoms with Gasteiger partial charge in [-0.25, -0.2) is 4.39 Å². The van der Waals surface area contributed by atoms with Crippen molar-refractivity contribution < 1.29 is 18.3 Å². The Morgan fingerprint density at radius 3 is 2.56 bits per heavy atom. The molecule has 0 saturated heterocycles. The highest BCUT2D eigenvalue weighted by atomic mass is 79.9. The van der Waals surface area contributed by atoms with Gasteiger partial charge in [-0.05, 0) is 70.5 Å². The predicted octanol–water partition coefficient (Wildman–Crippen LogP) is 5.78. The summed E-state index contributed by atoms with van der Waals surface area (Å²) in [7, 11) is 0. The fourth-order valence-electron chi connectivity index (χ4n) is 2.04. The first-order valence-corrected chi connectivity index (χ1v) is 8.83. The quantitative estimate of drug-likeness (QED) is 0.516. The van der Waals surface area contributed by atoms with Gasteiger partial charge >= 0.3 is 0 Å². The van der Waals surface area contributed by atoms with Crippen LogP contribution in [0.25, 0.3) is 0 Å². The lowest BCUT2D eigenvalue weighted by Gasteiger charge is -2.06. The van der Waals surface area contributed by atoms with Gasteiger partial charge in [-0.3, -0.25) is 4.79 Å². The van der Waals surface area contributed by atoms with Gasteiger partial charge in [-0.15, -0.1) is 0 Å². The van der Waals surface area contributed by atoms with Crippen molar-refractivity contribution in [2.45, 2.75) is 6.61 Å². The van der Waals surface area contributed by atoms with Crippen molar-refractivity contribution in [3.05, 3.63) is 80.9 Å². The average molecular weight is 469 g/mol. The van der Waals surface area contributed by atoms with E-state index in [4.69, 9.17) is 9.15 Å². The van der Waals surface area contributed by atoms with Crippen LogP contribution in [-0.4, -0.2) is 5.91 Å². The van der Waals surface area contributed by atoms with Gasteiger partial charge in [0, 0.05) is 8.95 Å². The van der Waals surface area contributed by atoms with E-state index in [9.17, 15) is 9.18 Å². The Kier molecular flexibility index (Phi) is 5.55. The highest BCUT2D eigenvalue weighted by molar-refractivity contribution is 9.11. The zero-order valence-electron chi connectivity index (χ0n) is 12.8. The van der Waals surface area contributed by atoms with Crippen molar-refractivity contribution in [3.63, 3.8) is 0 Å². The Balaban J connectivity index is 1.62. The fraction of sp³-hybridized carbons (Fsp3) is 0.0556. The molecule has 4 nitrogen and oxygen atoms in total. The van der Waals surface area contributed by atoms with E-state index in [0.29, 0.717) is 17.2 Å². The number of hydrogen-bond acceptors (Lipinski definition) is 3. The largest absolute Gasteiger partial charge is 0.486 e. The third-order valence-corrected chi connectivity index (χ3v) is 4.41. The van der Waals surface area contributed by atoms with Crippen molar-refractivity contribution in [2.75, 3.05) is 5.32 Å². The highest BCUT2D eigenvalue weighted by Gasteiger charge is 2.13. The summed E-state index contributed by atoms with van der Waals surface area (Å²) in [5.74, 6) is 0.485. The number of benzene rings is 2. The maximum absolute atomic E-state index is 12.8. The topological polar surface area (TPSA) is 51.5 Å². The van der Waals surface area contributed by atoms with E-state index in [1.807, 2.05) is 12.1 Å². The number of nitrogens with one attached hydrogen (secondary N) is 1. The molecule has 0 unspecified atom stereocenters. The number of ether oxygens (including phenoxy) is 1. The Morgan fingerprint density at radius 1 is 1.08 bits per heavy atom. The summed E-state index contributed by atoms with van der Waals surface area (Å²) >= 11 is 6.74. The minimum Gasteiger partial charge on any atom is -0.486 e. The summed E-state index contributed by atoms with van der Waals surface area (Å²) in [6, 6.07) is 14.3. The van der Waals surface area contributed by atoms with Crippen molar-refractivity contribution in [2.24, 2.45) is 0 Å². The van der Waals surface area contributed by atoms with Crippen molar-refractivity contribution in [1.29, 1.82) is 0 Å². The summed E-state index contributed by atoms with van der Waals surface area (Å²) in [4.78, 5) is 12.3. The molecule has 1 heterocycles. The number of carbonyl (C=O) groups excluding carboxylic acids is 1. The SMILES string of the molecule is O=C(Nc1ccc(Br)cc1Br)c1ccc(COc2ccc(F)cc2)o1. The Morgan fingerprint density at radius 2 is 1.84 bits per heavy atom. The molecule has 0 atom stereocenters. The van der Waals surface area contributed by atoms with Crippen molar-refractivity contribution >= 4 is 43.5 Å². The molecule has 0 radical (unpaired) electrons. The molecule has 0 spiro atoms. The lowest BCUT2D eigenvalue weighted by Crippen LogP contribution is -2.11. The van der Waals surface area contributed by atoms with Crippen molar-refractivity contribution in [3.8, 4) is 5.75 Å². The second-order valence-electron chi connectivity index (χ2n) is 5.09. The lowest BCUT2D eigenvalue weighted by molar-refractivity contribution is 0.0992. The van der Waals surface area contributed by atoms with E-state index in [-0.39, 0.29) is 24.1 Å². The number of anilines is 1.